The molecule has 1 aliphatic rings. The van der Waals surface area contributed by atoms with E-state index in [0.717, 1.165) is 38.9 Å². The van der Waals surface area contributed by atoms with Crippen LogP contribution in [0.1, 0.15) is 29.8 Å². The zero-order valence-electron chi connectivity index (χ0n) is 10.3. The molecule has 94 valence electrons. The first kappa shape index (κ1) is 12.1. The Balaban J connectivity index is 1.90. The average molecular weight is 236 g/mol. The predicted molar refractivity (Wildman–Crippen MR) is 65.5 cm³/mol. The van der Waals surface area contributed by atoms with Crippen molar-refractivity contribution in [1.29, 1.82) is 0 Å². The van der Waals surface area contributed by atoms with Crippen molar-refractivity contribution < 1.29 is 4.79 Å². The third-order valence-corrected chi connectivity index (χ3v) is 3.41. The molecule has 0 saturated carbocycles. The second kappa shape index (κ2) is 5.31. The maximum atomic E-state index is 12.1. The SMILES string of the molecule is Cn1ccc(C(=O)N2CCC(CCN)CC2)n1. The molecule has 1 aliphatic heterocycles. The Morgan fingerprint density at radius 2 is 2.24 bits per heavy atom. The van der Waals surface area contributed by atoms with E-state index in [9.17, 15) is 4.79 Å². The lowest BCUT2D eigenvalue weighted by Gasteiger charge is -2.31. The molecule has 1 amide bonds. The number of aryl methyl sites for hydroxylation is 1. The number of carbonyl (C=O) groups is 1. The van der Waals surface area contributed by atoms with Gasteiger partial charge in [0.1, 0.15) is 5.69 Å². The Morgan fingerprint density at radius 1 is 1.53 bits per heavy atom. The first-order chi connectivity index (χ1) is 8.20. The van der Waals surface area contributed by atoms with Gasteiger partial charge in [0.2, 0.25) is 0 Å². The summed E-state index contributed by atoms with van der Waals surface area (Å²) >= 11 is 0. The summed E-state index contributed by atoms with van der Waals surface area (Å²) in [6.07, 6.45) is 5.01. The summed E-state index contributed by atoms with van der Waals surface area (Å²) in [5.41, 5.74) is 6.10. The van der Waals surface area contributed by atoms with Crippen LogP contribution in [0.2, 0.25) is 0 Å². The summed E-state index contributed by atoms with van der Waals surface area (Å²) in [5, 5.41) is 4.15. The number of nitrogens with zero attached hydrogens (tertiary/aromatic N) is 3. The Bertz CT molecular complexity index is 380. The highest BCUT2D eigenvalue weighted by Gasteiger charge is 2.24. The lowest BCUT2D eigenvalue weighted by molar-refractivity contribution is 0.0681. The molecule has 1 aromatic heterocycles. The van der Waals surface area contributed by atoms with Crippen LogP contribution < -0.4 is 5.73 Å². The Kier molecular flexibility index (Phi) is 3.78. The molecule has 1 fully saturated rings. The standard InChI is InChI=1S/C12H20N4O/c1-15-7-5-11(14-15)12(17)16-8-3-10(2-6-13)4-9-16/h5,7,10H,2-4,6,8-9,13H2,1H3. The number of nitrogens with two attached hydrogens (primary N) is 1. The molecule has 0 radical (unpaired) electrons. The summed E-state index contributed by atoms with van der Waals surface area (Å²) in [5.74, 6) is 0.740. The van der Waals surface area contributed by atoms with Gasteiger partial charge in [-0.05, 0) is 37.8 Å². The topological polar surface area (TPSA) is 64.2 Å². The predicted octanol–water partition coefficient (Wildman–Crippen LogP) is 0.621. The third kappa shape index (κ3) is 2.85. The molecular formula is C12H20N4O. The molecular weight excluding hydrogens is 216 g/mol. The van der Waals surface area contributed by atoms with Crippen LogP contribution in [0, 0.1) is 5.92 Å². The lowest BCUT2D eigenvalue weighted by Crippen LogP contribution is -2.39. The molecule has 0 aliphatic carbocycles. The molecule has 1 aromatic rings. The maximum Gasteiger partial charge on any atom is 0.274 e. The van der Waals surface area contributed by atoms with E-state index in [-0.39, 0.29) is 5.91 Å². The molecule has 0 unspecified atom stereocenters. The zero-order valence-corrected chi connectivity index (χ0v) is 10.3. The smallest absolute Gasteiger partial charge is 0.274 e. The van der Waals surface area contributed by atoms with Crippen LogP contribution in [0.3, 0.4) is 0 Å². The highest BCUT2D eigenvalue weighted by molar-refractivity contribution is 5.92. The van der Waals surface area contributed by atoms with Gasteiger partial charge >= 0.3 is 0 Å². The van der Waals surface area contributed by atoms with Crippen molar-refractivity contribution in [2.24, 2.45) is 18.7 Å². The van der Waals surface area contributed by atoms with Crippen LogP contribution in [0.5, 0.6) is 0 Å². The summed E-state index contributed by atoms with van der Waals surface area (Å²) < 4.78 is 1.66. The molecule has 0 bridgehead atoms. The van der Waals surface area contributed by atoms with Crippen molar-refractivity contribution >= 4 is 5.91 Å². The molecule has 0 aromatic carbocycles. The fraction of sp³-hybridized carbons (Fsp3) is 0.667. The molecule has 2 rings (SSSR count). The van der Waals surface area contributed by atoms with E-state index in [1.165, 1.54) is 0 Å². The van der Waals surface area contributed by atoms with Crippen LogP contribution in [-0.4, -0.2) is 40.2 Å². The first-order valence-corrected chi connectivity index (χ1v) is 6.19. The lowest BCUT2D eigenvalue weighted by atomic mass is 9.93. The fourth-order valence-electron chi connectivity index (χ4n) is 2.35. The number of piperidine rings is 1. The highest BCUT2D eigenvalue weighted by Crippen LogP contribution is 2.20. The van der Waals surface area contributed by atoms with E-state index in [4.69, 9.17) is 5.73 Å². The summed E-state index contributed by atoms with van der Waals surface area (Å²) in [7, 11) is 1.82. The van der Waals surface area contributed by atoms with Gasteiger partial charge in [-0.3, -0.25) is 9.48 Å². The van der Waals surface area contributed by atoms with Crippen molar-refractivity contribution in [2.45, 2.75) is 19.3 Å². The number of hydrogen-bond acceptors (Lipinski definition) is 3. The third-order valence-electron chi connectivity index (χ3n) is 3.41. The molecule has 1 saturated heterocycles. The summed E-state index contributed by atoms with van der Waals surface area (Å²) in [6, 6.07) is 1.77. The number of amides is 1. The summed E-state index contributed by atoms with van der Waals surface area (Å²) in [4.78, 5) is 14.0. The normalized spacial score (nSPS) is 17.4. The molecule has 5 nitrogen and oxygen atoms in total. The molecule has 2 N–H and O–H groups in total. The Morgan fingerprint density at radius 3 is 2.76 bits per heavy atom. The molecule has 2 heterocycles. The number of likely N-dealkylation sites (tertiary alicyclic amines) is 1. The Hall–Kier alpha value is -1.36. The number of carbonyl (C=O) groups excluding carboxylic acids is 1. The van der Waals surface area contributed by atoms with Gasteiger partial charge in [-0.15, -0.1) is 0 Å². The largest absolute Gasteiger partial charge is 0.337 e. The van der Waals surface area contributed by atoms with Gasteiger partial charge in [-0.2, -0.15) is 5.10 Å². The van der Waals surface area contributed by atoms with Gasteiger partial charge in [0, 0.05) is 26.3 Å². The van der Waals surface area contributed by atoms with Crippen LogP contribution in [-0.2, 0) is 7.05 Å². The van der Waals surface area contributed by atoms with Gasteiger partial charge in [0.05, 0.1) is 0 Å². The van der Waals surface area contributed by atoms with Crippen LogP contribution in [0.25, 0.3) is 0 Å². The van der Waals surface area contributed by atoms with Crippen molar-refractivity contribution in [2.75, 3.05) is 19.6 Å². The average Bonchev–Trinajstić information content (AvgIpc) is 2.76. The quantitative estimate of drug-likeness (QED) is 0.836. The van der Waals surface area contributed by atoms with Crippen LogP contribution in [0.4, 0.5) is 0 Å². The number of rotatable bonds is 3. The second-order valence-corrected chi connectivity index (χ2v) is 4.69. The minimum absolute atomic E-state index is 0.0526. The van der Waals surface area contributed by atoms with E-state index in [1.807, 2.05) is 11.9 Å². The Labute approximate surface area is 102 Å². The van der Waals surface area contributed by atoms with Gasteiger partial charge in [-0.25, -0.2) is 0 Å². The summed E-state index contributed by atoms with van der Waals surface area (Å²) in [6.45, 7) is 2.42. The highest BCUT2D eigenvalue weighted by atomic mass is 16.2. The van der Waals surface area contributed by atoms with E-state index in [1.54, 1.807) is 16.9 Å². The molecule has 0 atom stereocenters. The number of aromatic nitrogens is 2. The van der Waals surface area contributed by atoms with Gasteiger partial charge in [0.15, 0.2) is 0 Å². The number of hydrogen-bond donors (Lipinski definition) is 1. The zero-order chi connectivity index (χ0) is 12.3. The fourth-order valence-corrected chi connectivity index (χ4v) is 2.35. The monoisotopic (exact) mass is 236 g/mol. The minimum Gasteiger partial charge on any atom is -0.337 e. The van der Waals surface area contributed by atoms with E-state index in [0.29, 0.717) is 11.6 Å². The van der Waals surface area contributed by atoms with Crippen molar-refractivity contribution in [3.05, 3.63) is 18.0 Å². The maximum absolute atomic E-state index is 12.1. The van der Waals surface area contributed by atoms with Gasteiger partial charge in [-0.1, -0.05) is 0 Å². The van der Waals surface area contributed by atoms with Crippen LogP contribution in [0.15, 0.2) is 12.3 Å². The van der Waals surface area contributed by atoms with E-state index in [2.05, 4.69) is 5.10 Å². The minimum atomic E-state index is 0.0526. The molecule has 17 heavy (non-hydrogen) atoms. The first-order valence-electron chi connectivity index (χ1n) is 6.19. The van der Waals surface area contributed by atoms with Crippen LogP contribution >= 0.6 is 0 Å². The molecule has 5 heteroatoms. The van der Waals surface area contributed by atoms with E-state index < -0.39 is 0 Å². The van der Waals surface area contributed by atoms with Gasteiger partial charge in [0.25, 0.3) is 5.91 Å². The van der Waals surface area contributed by atoms with Crippen molar-refractivity contribution in [1.82, 2.24) is 14.7 Å². The van der Waals surface area contributed by atoms with Crippen molar-refractivity contribution in [3.63, 3.8) is 0 Å². The van der Waals surface area contributed by atoms with Gasteiger partial charge < -0.3 is 10.6 Å². The second-order valence-electron chi connectivity index (χ2n) is 4.69. The molecule has 0 spiro atoms. The van der Waals surface area contributed by atoms with Crippen molar-refractivity contribution in [3.8, 4) is 0 Å². The van der Waals surface area contributed by atoms with E-state index >= 15 is 0 Å².